The fourth-order valence-electron chi connectivity index (χ4n) is 2.50. The minimum atomic E-state index is -0.285. The number of rotatable bonds is 3. The summed E-state index contributed by atoms with van der Waals surface area (Å²) in [5, 5.41) is 9.71. The predicted molar refractivity (Wildman–Crippen MR) is 95.6 cm³/mol. The van der Waals surface area contributed by atoms with Crippen molar-refractivity contribution in [1.82, 2.24) is 25.1 Å². The van der Waals surface area contributed by atoms with Crippen LogP contribution in [0.3, 0.4) is 0 Å². The van der Waals surface area contributed by atoms with Gasteiger partial charge in [-0.1, -0.05) is 11.6 Å². The lowest BCUT2D eigenvalue weighted by atomic mass is 10.2. The number of pyridine rings is 1. The van der Waals surface area contributed by atoms with Gasteiger partial charge in [-0.2, -0.15) is 5.10 Å². The molecule has 0 atom stereocenters. The van der Waals surface area contributed by atoms with Crippen LogP contribution in [0.5, 0.6) is 0 Å². The van der Waals surface area contributed by atoms with E-state index in [2.05, 4.69) is 30.5 Å². The van der Waals surface area contributed by atoms with Crippen molar-refractivity contribution >= 4 is 34.4 Å². The molecule has 0 saturated carbocycles. The summed E-state index contributed by atoms with van der Waals surface area (Å²) in [7, 11) is 0. The molecule has 0 aliphatic rings. The van der Waals surface area contributed by atoms with Gasteiger partial charge in [0.1, 0.15) is 11.5 Å². The number of hydrogen-bond acceptors (Lipinski definition) is 4. The summed E-state index contributed by atoms with van der Waals surface area (Å²) in [6.45, 7) is 1.96. The number of nitrogens with one attached hydrogen (secondary N) is 3. The predicted octanol–water partition coefficient (Wildman–Crippen LogP) is 3.56. The van der Waals surface area contributed by atoms with E-state index in [1.54, 1.807) is 30.5 Å². The molecule has 0 radical (unpaired) electrons. The van der Waals surface area contributed by atoms with Crippen LogP contribution in [0.15, 0.2) is 42.7 Å². The highest BCUT2D eigenvalue weighted by Gasteiger charge is 2.13. The van der Waals surface area contributed by atoms with E-state index in [1.165, 1.54) is 6.20 Å². The summed E-state index contributed by atoms with van der Waals surface area (Å²) in [5.74, 6) is 0.309. The van der Waals surface area contributed by atoms with E-state index in [4.69, 9.17) is 11.6 Å². The summed E-state index contributed by atoms with van der Waals surface area (Å²) in [4.78, 5) is 24.1. The molecule has 0 fully saturated rings. The molecular formula is C17H13ClN6O. The van der Waals surface area contributed by atoms with E-state index in [9.17, 15) is 4.79 Å². The molecule has 0 aliphatic carbocycles. The molecule has 1 aromatic carbocycles. The van der Waals surface area contributed by atoms with Crippen molar-refractivity contribution in [2.45, 2.75) is 6.92 Å². The quantitative estimate of drug-likeness (QED) is 0.525. The third kappa shape index (κ3) is 2.97. The zero-order valence-corrected chi connectivity index (χ0v) is 13.9. The number of amides is 1. The van der Waals surface area contributed by atoms with Crippen LogP contribution in [0, 0.1) is 6.92 Å². The molecule has 4 rings (SSSR count). The summed E-state index contributed by atoms with van der Waals surface area (Å²) < 4.78 is 0. The van der Waals surface area contributed by atoms with Gasteiger partial charge in [-0.3, -0.25) is 9.89 Å². The standard InChI is InChI=1S/C17H13ClN6O/c1-9-6-14-16(19-8-9)23-15(22-14)11-7-10(2-3-12(11)18)21-17(25)13-4-5-20-24-13/h2-8H,1H3,(H,20,24)(H,21,25)(H,19,22,23). The van der Waals surface area contributed by atoms with E-state index < -0.39 is 0 Å². The van der Waals surface area contributed by atoms with Gasteiger partial charge < -0.3 is 10.3 Å². The number of fused-ring (bicyclic) bond motifs is 1. The van der Waals surface area contributed by atoms with Gasteiger partial charge in [-0.05, 0) is 42.8 Å². The molecule has 3 heterocycles. The first kappa shape index (κ1) is 15.3. The third-order valence-corrected chi connectivity index (χ3v) is 4.03. The van der Waals surface area contributed by atoms with E-state index in [0.717, 1.165) is 11.1 Å². The molecule has 0 saturated heterocycles. The summed E-state index contributed by atoms with van der Waals surface area (Å²) in [6.07, 6.45) is 3.28. The maximum Gasteiger partial charge on any atom is 0.273 e. The van der Waals surface area contributed by atoms with Gasteiger partial charge in [0.25, 0.3) is 5.91 Å². The Morgan fingerprint density at radius 3 is 2.92 bits per heavy atom. The maximum atomic E-state index is 12.1. The van der Waals surface area contributed by atoms with Crippen molar-refractivity contribution in [3.63, 3.8) is 0 Å². The molecule has 25 heavy (non-hydrogen) atoms. The highest BCUT2D eigenvalue weighted by atomic mass is 35.5. The highest BCUT2D eigenvalue weighted by molar-refractivity contribution is 6.33. The van der Waals surface area contributed by atoms with Crippen LogP contribution in [0.4, 0.5) is 5.69 Å². The lowest BCUT2D eigenvalue weighted by molar-refractivity contribution is 0.102. The first-order valence-corrected chi connectivity index (χ1v) is 7.91. The van der Waals surface area contributed by atoms with Gasteiger partial charge >= 0.3 is 0 Å². The van der Waals surface area contributed by atoms with Crippen LogP contribution >= 0.6 is 11.6 Å². The van der Waals surface area contributed by atoms with Crippen molar-refractivity contribution in [3.05, 3.63) is 59.0 Å². The number of H-pyrrole nitrogens is 2. The zero-order chi connectivity index (χ0) is 17.4. The van der Waals surface area contributed by atoms with Gasteiger partial charge in [-0.25, -0.2) is 9.97 Å². The number of carbonyl (C=O) groups is 1. The van der Waals surface area contributed by atoms with E-state index >= 15 is 0 Å². The first-order chi connectivity index (χ1) is 12.1. The van der Waals surface area contributed by atoms with Gasteiger partial charge in [0.05, 0.1) is 10.5 Å². The second-order valence-corrected chi connectivity index (χ2v) is 6.00. The number of aromatic nitrogens is 5. The van der Waals surface area contributed by atoms with Crippen LogP contribution in [0.1, 0.15) is 16.1 Å². The monoisotopic (exact) mass is 352 g/mol. The molecule has 8 heteroatoms. The Hall–Kier alpha value is -3.19. The second kappa shape index (κ2) is 6.03. The molecule has 0 bridgehead atoms. The summed E-state index contributed by atoms with van der Waals surface area (Å²) >= 11 is 6.32. The number of nitrogens with zero attached hydrogens (tertiary/aromatic N) is 3. The fraction of sp³-hybridized carbons (Fsp3) is 0.0588. The molecule has 7 nitrogen and oxygen atoms in total. The second-order valence-electron chi connectivity index (χ2n) is 5.59. The van der Waals surface area contributed by atoms with Crippen molar-refractivity contribution in [2.75, 3.05) is 5.32 Å². The maximum absolute atomic E-state index is 12.1. The lowest BCUT2D eigenvalue weighted by Crippen LogP contribution is -2.12. The zero-order valence-electron chi connectivity index (χ0n) is 13.2. The minimum Gasteiger partial charge on any atom is -0.337 e. The molecule has 1 amide bonds. The number of carbonyl (C=O) groups excluding carboxylic acids is 1. The van der Waals surface area contributed by atoms with Gasteiger partial charge in [0.15, 0.2) is 5.65 Å². The average Bonchev–Trinajstić information content (AvgIpc) is 3.25. The Morgan fingerprint density at radius 1 is 1.24 bits per heavy atom. The first-order valence-electron chi connectivity index (χ1n) is 7.53. The topological polar surface area (TPSA) is 99.3 Å². The Bertz CT molecular complexity index is 1070. The van der Waals surface area contributed by atoms with Crippen LogP contribution in [0.25, 0.3) is 22.6 Å². The SMILES string of the molecule is Cc1cnc2nc(-c3cc(NC(=O)c4ccn[nH]4)ccc3Cl)[nH]c2c1. The third-order valence-electron chi connectivity index (χ3n) is 3.70. The Labute approximate surface area is 147 Å². The molecule has 124 valence electrons. The number of halogens is 1. The van der Waals surface area contributed by atoms with Crippen molar-refractivity contribution in [1.29, 1.82) is 0 Å². The Balaban J connectivity index is 1.70. The van der Waals surface area contributed by atoms with Gasteiger partial charge in [0.2, 0.25) is 0 Å². The lowest BCUT2D eigenvalue weighted by Gasteiger charge is -2.07. The molecule has 0 aliphatic heterocycles. The minimum absolute atomic E-state index is 0.285. The average molecular weight is 353 g/mol. The number of anilines is 1. The number of imidazole rings is 1. The normalized spacial score (nSPS) is 11.0. The molecule has 3 aromatic heterocycles. The molecular weight excluding hydrogens is 340 g/mol. The number of aromatic amines is 2. The number of benzene rings is 1. The van der Waals surface area contributed by atoms with Crippen LogP contribution in [0.2, 0.25) is 5.02 Å². The summed E-state index contributed by atoms with van der Waals surface area (Å²) in [6, 6.07) is 8.77. The molecule has 0 spiro atoms. The van der Waals surface area contributed by atoms with Gasteiger partial charge in [-0.15, -0.1) is 0 Å². The number of hydrogen-bond donors (Lipinski definition) is 3. The highest BCUT2D eigenvalue weighted by Crippen LogP contribution is 2.30. The van der Waals surface area contributed by atoms with Crippen molar-refractivity contribution in [3.8, 4) is 11.4 Å². The molecule has 0 unspecified atom stereocenters. The largest absolute Gasteiger partial charge is 0.337 e. The Morgan fingerprint density at radius 2 is 2.12 bits per heavy atom. The van der Waals surface area contributed by atoms with E-state index in [-0.39, 0.29) is 5.91 Å². The smallest absolute Gasteiger partial charge is 0.273 e. The van der Waals surface area contributed by atoms with Crippen molar-refractivity contribution in [2.24, 2.45) is 0 Å². The van der Waals surface area contributed by atoms with Crippen LogP contribution < -0.4 is 5.32 Å². The molecule has 3 N–H and O–H groups in total. The number of aryl methyl sites for hydroxylation is 1. The van der Waals surface area contributed by atoms with Crippen LogP contribution in [-0.2, 0) is 0 Å². The van der Waals surface area contributed by atoms with E-state index in [1.807, 2.05) is 13.0 Å². The fourth-order valence-corrected chi connectivity index (χ4v) is 2.70. The van der Waals surface area contributed by atoms with Crippen molar-refractivity contribution < 1.29 is 4.79 Å². The van der Waals surface area contributed by atoms with Crippen LogP contribution in [-0.4, -0.2) is 31.1 Å². The van der Waals surface area contributed by atoms with Gasteiger partial charge in [0, 0.05) is 23.6 Å². The molecule has 4 aromatic rings. The van der Waals surface area contributed by atoms with E-state index in [0.29, 0.717) is 33.4 Å². The summed E-state index contributed by atoms with van der Waals surface area (Å²) in [5.41, 5.74) is 4.14. The Kier molecular flexibility index (Phi) is 3.70.